The van der Waals surface area contributed by atoms with Crippen molar-refractivity contribution in [3.8, 4) is 11.5 Å². The number of nitrogens with one attached hydrogen (secondary N) is 2. The molecule has 1 aromatic carbocycles. The third kappa shape index (κ3) is 5.07. The van der Waals surface area contributed by atoms with Crippen LogP contribution in [0.3, 0.4) is 0 Å². The maximum absolute atomic E-state index is 11.7. The summed E-state index contributed by atoms with van der Waals surface area (Å²) >= 11 is 0. The predicted molar refractivity (Wildman–Crippen MR) is 75.9 cm³/mol. The van der Waals surface area contributed by atoms with Gasteiger partial charge in [0.1, 0.15) is 0 Å². The van der Waals surface area contributed by atoms with Gasteiger partial charge in [0.05, 0.1) is 20.8 Å². The highest BCUT2D eigenvalue weighted by atomic mass is 16.5. The van der Waals surface area contributed by atoms with Crippen molar-refractivity contribution in [3.05, 3.63) is 18.2 Å². The zero-order valence-electron chi connectivity index (χ0n) is 12.2. The van der Waals surface area contributed by atoms with Gasteiger partial charge in [0.2, 0.25) is 5.91 Å². The Morgan fingerprint density at radius 3 is 2.32 bits per heavy atom. The molecule has 0 aliphatic heterocycles. The molecular formula is C14H22N2O3. The summed E-state index contributed by atoms with van der Waals surface area (Å²) in [5, 5.41) is 5.93. The number of rotatable bonds is 5. The average molecular weight is 266 g/mol. The molecule has 0 fully saturated rings. The number of hydrogen-bond acceptors (Lipinski definition) is 4. The van der Waals surface area contributed by atoms with E-state index in [2.05, 4.69) is 10.6 Å². The molecule has 0 aliphatic rings. The first-order chi connectivity index (χ1) is 8.85. The lowest BCUT2D eigenvalue weighted by Gasteiger charge is -2.20. The Hall–Kier alpha value is -1.91. The van der Waals surface area contributed by atoms with Gasteiger partial charge >= 0.3 is 0 Å². The van der Waals surface area contributed by atoms with E-state index in [0.29, 0.717) is 11.5 Å². The van der Waals surface area contributed by atoms with Crippen LogP contribution >= 0.6 is 0 Å². The van der Waals surface area contributed by atoms with Crippen LogP contribution in [0.5, 0.6) is 11.5 Å². The maximum atomic E-state index is 11.7. The van der Waals surface area contributed by atoms with Crippen LogP contribution in [0.4, 0.5) is 5.69 Å². The van der Waals surface area contributed by atoms with Gasteiger partial charge in [0, 0.05) is 17.3 Å². The Morgan fingerprint density at radius 2 is 1.79 bits per heavy atom. The predicted octanol–water partition coefficient (Wildman–Crippen LogP) is 2.03. The zero-order chi connectivity index (χ0) is 14.5. The van der Waals surface area contributed by atoms with Gasteiger partial charge in [-0.05, 0) is 32.9 Å². The number of carbonyl (C=O) groups is 1. The molecule has 0 radical (unpaired) electrons. The van der Waals surface area contributed by atoms with E-state index in [-0.39, 0.29) is 18.0 Å². The molecule has 106 valence electrons. The monoisotopic (exact) mass is 266 g/mol. The Balaban J connectivity index is 2.61. The van der Waals surface area contributed by atoms with E-state index in [0.717, 1.165) is 5.69 Å². The van der Waals surface area contributed by atoms with Gasteiger partial charge in [-0.2, -0.15) is 0 Å². The maximum Gasteiger partial charge on any atom is 0.239 e. The number of amides is 1. The number of hydrogen-bond donors (Lipinski definition) is 2. The first-order valence-corrected chi connectivity index (χ1v) is 6.12. The summed E-state index contributed by atoms with van der Waals surface area (Å²) < 4.78 is 10.3. The number of benzene rings is 1. The van der Waals surface area contributed by atoms with E-state index in [1.807, 2.05) is 26.8 Å². The van der Waals surface area contributed by atoms with Gasteiger partial charge in [0.25, 0.3) is 0 Å². The van der Waals surface area contributed by atoms with E-state index < -0.39 is 0 Å². The lowest BCUT2D eigenvalue weighted by atomic mass is 10.1. The third-order valence-corrected chi connectivity index (χ3v) is 2.35. The molecule has 5 nitrogen and oxygen atoms in total. The van der Waals surface area contributed by atoms with Crippen LogP contribution < -0.4 is 20.1 Å². The fourth-order valence-corrected chi connectivity index (χ4v) is 1.59. The molecule has 0 atom stereocenters. The number of carbonyl (C=O) groups excluding carboxylic acids is 1. The third-order valence-electron chi connectivity index (χ3n) is 2.35. The van der Waals surface area contributed by atoms with Crippen LogP contribution in [0.2, 0.25) is 0 Å². The summed E-state index contributed by atoms with van der Waals surface area (Å²) in [6.45, 7) is 6.05. The number of ether oxygens (including phenoxy) is 2. The fourth-order valence-electron chi connectivity index (χ4n) is 1.59. The van der Waals surface area contributed by atoms with Gasteiger partial charge in [-0.15, -0.1) is 0 Å². The van der Waals surface area contributed by atoms with Gasteiger partial charge in [-0.1, -0.05) is 0 Å². The highest BCUT2D eigenvalue weighted by molar-refractivity contribution is 5.81. The van der Waals surface area contributed by atoms with Crippen LogP contribution in [-0.4, -0.2) is 32.2 Å². The Labute approximate surface area is 114 Å². The zero-order valence-corrected chi connectivity index (χ0v) is 12.2. The molecule has 19 heavy (non-hydrogen) atoms. The Bertz CT molecular complexity index is 439. The SMILES string of the molecule is COc1ccc(NCC(=O)NC(C)(C)C)cc1OC. The number of methoxy groups -OCH3 is 2. The quantitative estimate of drug-likeness (QED) is 0.856. The van der Waals surface area contributed by atoms with Crippen molar-refractivity contribution in [2.75, 3.05) is 26.1 Å². The summed E-state index contributed by atoms with van der Waals surface area (Å²) in [4.78, 5) is 11.7. The molecule has 2 N–H and O–H groups in total. The van der Waals surface area contributed by atoms with Crippen LogP contribution in [-0.2, 0) is 4.79 Å². The molecule has 0 heterocycles. The molecule has 0 aliphatic carbocycles. The molecule has 0 aromatic heterocycles. The number of anilines is 1. The van der Waals surface area contributed by atoms with Crippen LogP contribution in [0, 0.1) is 0 Å². The smallest absolute Gasteiger partial charge is 0.239 e. The van der Waals surface area contributed by atoms with Crippen molar-refractivity contribution in [2.24, 2.45) is 0 Å². The van der Waals surface area contributed by atoms with Crippen molar-refractivity contribution >= 4 is 11.6 Å². The van der Waals surface area contributed by atoms with E-state index in [1.165, 1.54) is 0 Å². The van der Waals surface area contributed by atoms with E-state index in [1.54, 1.807) is 26.4 Å². The minimum atomic E-state index is -0.226. The molecule has 1 rings (SSSR count). The van der Waals surface area contributed by atoms with E-state index in [4.69, 9.17) is 9.47 Å². The molecule has 0 saturated heterocycles. The second-order valence-electron chi connectivity index (χ2n) is 5.22. The largest absolute Gasteiger partial charge is 0.493 e. The summed E-state index contributed by atoms with van der Waals surface area (Å²) in [5.41, 5.74) is 0.581. The van der Waals surface area contributed by atoms with Crippen LogP contribution in [0.25, 0.3) is 0 Å². The first kappa shape index (κ1) is 15.1. The average Bonchev–Trinajstić information content (AvgIpc) is 2.33. The first-order valence-electron chi connectivity index (χ1n) is 6.12. The molecule has 0 bridgehead atoms. The lowest BCUT2D eigenvalue weighted by molar-refractivity contribution is -0.120. The normalized spacial score (nSPS) is 10.8. The summed E-state index contributed by atoms with van der Waals surface area (Å²) in [7, 11) is 3.16. The minimum Gasteiger partial charge on any atom is -0.493 e. The second-order valence-corrected chi connectivity index (χ2v) is 5.22. The lowest BCUT2D eigenvalue weighted by Crippen LogP contribution is -2.43. The van der Waals surface area contributed by atoms with Crippen molar-refractivity contribution < 1.29 is 14.3 Å². The van der Waals surface area contributed by atoms with Gasteiger partial charge in [-0.25, -0.2) is 0 Å². The summed E-state index contributed by atoms with van der Waals surface area (Å²) in [6.07, 6.45) is 0. The van der Waals surface area contributed by atoms with Crippen molar-refractivity contribution in [2.45, 2.75) is 26.3 Å². The van der Waals surface area contributed by atoms with Crippen molar-refractivity contribution in [1.82, 2.24) is 5.32 Å². The molecule has 0 spiro atoms. The fraction of sp³-hybridized carbons (Fsp3) is 0.500. The second kappa shape index (κ2) is 6.31. The Morgan fingerprint density at radius 1 is 1.16 bits per heavy atom. The van der Waals surface area contributed by atoms with Crippen molar-refractivity contribution in [1.29, 1.82) is 0 Å². The molecule has 5 heteroatoms. The van der Waals surface area contributed by atoms with Crippen LogP contribution in [0.15, 0.2) is 18.2 Å². The van der Waals surface area contributed by atoms with E-state index >= 15 is 0 Å². The topological polar surface area (TPSA) is 59.6 Å². The molecular weight excluding hydrogens is 244 g/mol. The van der Waals surface area contributed by atoms with Gasteiger partial charge in [0.15, 0.2) is 11.5 Å². The molecule has 1 amide bonds. The molecule has 1 aromatic rings. The van der Waals surface area contributed by atoms with E-state index in [9.17, 15) is 4.79 Å². The van der Waals surface area contributed by atoms with Crippen LogP contribution in [0.1, 0.15) is 20.8 Å². The van der Waals surface area contributed by atoms with Gasteiger partial charge < -0.3 is 20.1 Å². The molecule has 0 unspecified atom stereocenters. The summed E-state index contributed by atoms with van der Waals surface area (Å²) in [6, 6.07) is 5.43. The highest BCUT2D eigenvalue weighted by Crippen LogP contribution is 2.29. The van der Waals surface area contributed by atoms with Gasteiger partial charge in [-0.3, -0.25) is 4.79 Å². The highest BCUT2D eigenvalue weighted by Gasteiger charge is 2.13. The summed E-state index contributed by atoms with van der Waals surface area (Å²) in [5.74, 6) is 1.23. The van der Waals surface area contributed by atoms with Crippen molar-refractivity contribution in [3.63, 3.8) is 0 Å². The minimum absolute atomic E-state index is 0.0534. The Kier molecular flexibility index (Phi) is 5.03. The standard InChI is InChI=1S/C14H22N2O3/c1-14(2,3)16-13(17)9-15-10-6-7-11(18-4)12(8-10)19-5/h6-8,15H,9H2,1-5H3,(H,16,17). The molecule has 0 saturated carbocycles.